The molecular formula is C15H21NO6. The fourth-order valence-corrected chi connectivity index (χ4v) is 3.04. The summed E-state index contributed by atoms with van der Waals surface area (Å²) in [5, 5.41) is 0. The number of carbonyl (C=O) groups is 3. The van der Waals surface area contributed by atoms with Crippen LogP contribution in [0.2, 0.25) is 0 Å². The second kappa shape index (κ2) is 5.98. The van der Waals surface area contributed by atoms with Crippen LogP contribution in [-0.2, 0) is 23.8 Å². The Morgan fingerprint density at radius 3 is 2.73 bits per heavy atom. The molecule has 0 N–H and O–H groups in total. The summed E-state index contributed by atoms with van der Waals surface area (Å²) in [5.74, 6) is -1.19. The summed E-state index contributed by atoms with van der Waals surface area (Å²) in [6.07, 6.45) is 1.31. The number of amides is 1. The van der Waals surface area contributed by atoms with Crippen LogP contribution in [0.1, 0.15) is 34.1 Å². The highest BCUT2D eigenvalue weighted by atomic mass is 16.6. The minimum absolute atomic E-state index is 0.210. The smallest absolute Gasteiger partial charge is 0.415 e. The molecule has 1 saturated heterocycles. The number of esters is 2. The molecule has 1 fully saturated rings. The molecule has 0 unspecified atom stereocenters. The number of carbonyl (C=O) groups excluding carboxylic acids is 3. The van der Waals surface area contributed by atoms with Gasteiger partial charge < -0.3 is 14.2 Å². The zero-order valence-corrected chi connectivity index (χ0v) is 13.3. The number of hydrogen-bond acceptors (Lipinski definition) is 6. The summed E-state index contributed by atoms with van der Waals surface area (Å²) in [6, 6.07) is 0. The number of rotatable bonds is 4. The lowest BCUT2D eigenvalue weighted by atomic mass is 9.84. The Kier molecular flexibility index (Phi) is 4.44. The molecule has 1 heterocycles. The van der Waals surface area contributed by atoms with E-state index in [1.54, 1.807) is 20.8 Å². The Morgan fingerprint density at radius 1 is 1.45 bits per heavy atom. The van der Waals surface area contributed by atoms with Gasteiger partial charge in [0.1, 0.15) is 18.2 Å². The monoisotopic (exact) mass is 311 g/mol. The third kappa shape index (κ3) is 3.08. The molecule has 0 bridgehead atoms. The molecule has 2 atom stereocenters. The van der Waals surface area contributed by atoms with Crippen LogP contribution in [0.25, 0.3) is 0 Å². The van der Waals surface area contributed by atoms with Crippen molar-refractivity contribution in [3.8, 4) is 0 Å². The van der Waals surface area contributed by atoms with Crippen molar-refractivity contribution in [3.63, 3.8) is 0 Å². The van der Waals surface area contributed by atoms with Crippen LogP contribution in [0.15, 0.2) is 11.8 Å². The zero-order valence-electron chi connectivity index (χ0n) is 13.3. The Labute approximate surface area is 129 Å². The summed E-state index contributed by atoms with van der Waals surface area (Å²) in [4.78, 5) is 36.4. The lowest BCUT2D eigenvalue weighted by molar-refractivity contribution is -0.156. The van der Waals surface area contributed by atoms with Gasteiger partial charge in [0.2, 0.25) is 0 Å². The van der Waals surface area contributed by atoms with Crippen LogP contribution in [0.4, 0.5) is 4.79 Å². The SMILES string of the molecule is CCOC(=O)CN1C(=O)OC(C)(C)[C@H]2C1=CC[C@@H]2OC(C)=O. The molecule has 2 aliphatic rings. The second-order valence-electron chi connectivity index (χ2n) is 5.85. The van der Waals surface area contributed by atoms with Crippen molar-refractivity contribution >= 4 is 18.0 Å². The largest absolute Gasteiger partial charge is 0.465 e. The van der Waals surface area contributed by atoms with Crippen molar-refractivity contribution in [1.82, 2.24) is 4.90 Å². The Morgan fingerprint density at radius 2 is 2.14 bits per heavy atom. The molecule has 1 aliphatic heterocycles. The average molecular weight is 311 g/mol. The summed E-state index contributed by atoms with van der Waals surface area (Å²) in [5.41, 5.74) is -0.161. The summed E-state index contributed by atoms with van der Waals surface area (Å²) in [7, 11) is 0. The number of nitrogens with zero attached hydrogens (tertiary/aromatic N) is 1. The standard InChI is InChI=1S/C15H21NO6/c1-5-20-12(18)8-16-10-6-7-11(21-9(2)17)13(10)15(3,4)22-14(16)19/h6,11,13H,5,7-8H2,1-4H3/t11-,13-/m0/s1. The van der Waals surface area contributed by atoms with Crippen molar-refractivity contribution < 1.29 is 28.6 Å². The van der Waals surface area contributed by atoms with E-state index in [-0.39, 0.29) is 25.0 Å². The van der Waals surface area contributed by atoms with Gasteiger partial charge in [0.25, 0.3) is 0 Å². The van der Waals surface area contributed by atoms with E-state index in [0.29, 0.717) is 12.1 Å². The third-order valence-corrected chi connectivity index (χ3v) is 3.79. The van der Waals surface area contributed by atoms with Gasteiger partial charge in [-0.1, -0.05) is 6.08 Å². The maximum Gasteiger partial charge on any atom is 0.415 e. The van der Waals surface area contributed by atoms with Crippen LogP contribution >= 0.6 is 0 Å². The number of fused-ring (bicyclic) bond motifs is 1. The maximum atomic E-state index is 12.2. The van der Waals surface area contributed by atoms with Gasteiger partial charge in [0, 0.05) is 19.0 Å². The normalized spacial score (nSPS) is 25.9. The van der Waals surface area contributed by atoms with Crippen LogP contribution in [0.3, 0.4) is 0 Å². The van der Waals surface area contributed by atoms with E-state index in [1.165, 1.54) is 11.8 Å². The molecule has 7 heteroatoms. The van der Waals surface area contributed by atoms with Gasteiger partial charge in [-0.25, -0.2) is 4.79 Å². The van der Waals surface area contributed by atoms with E-state index in [9.17, 15) is 14.4 Å². The van der Waals surface area contributed by atoms with Gasteiger partial charge in [0.05, 0.1) is 12.5 Å². The van der Waals surface area contributed by atoms with Gasteiger partial charge >= 0.3 is 18.0 Å². The lowest BCUT2D eigenvalue weighted by Crippen LogP contribution is -2.55. The first kappa shape index (κ1) is 16.3. The highest BCUT2D eigenvalue weighted by Gasteiger charge is 2.52. The van der Waals surface area contributed by atoms with Crippen molar-refractivity contribution in [3.05, 3.63) is 11.8 Å². The molecule has 7 nitrogen and oxygen atoms in total. The van der Waals surface area contributed by atoms with Crippen molar-refractivity contribution in [2.75, 3.05) is 13.2 Å². The van der Waals surface area contributed by atoms with Crippen molar-refractivity contribution in [1.29, 1.82) is 0 Å². The Bertz CT molecular complexity index is 524. The van der Waals surface area contributed by atoms with Gasteiger partial charge in [0.15, 0.2) is 0 Å². The Balaban J connectivity index is 2.23. The number of hydrogen-bond donors (Lipinski definition) is 0. The molecule has 0 aromatic rings. The van der Waals surface area contributed by atoms with Gasteiger partial charge in [-0.15, -0.1) is 0 Å². The molecular weight excluding hydrogens is 290 g/mol. The molecule has 0 aromatic carbocycles. The van der Waals surface area contributed by atoms with Crippen LogP contribution in [0.5, 0.6) is 0 Å². The van der Waals surface area contributed by atoms with E-state index in [4.69, 9.17) is 14.2 Å². The summed E-state index contributed by atoms with van der Waals surface area (Å²) in [6.45, 7) is 6.61. The molecule has 1 aliphatic carbocycles. The summed E-state index contributed by atoms with van der Waals surface area (Å²) < 4.78 is 15.6. The average Bonchev–Trinajstić information content (AvgIpc) is 2.78. The fraction of sp³-hybridized carbons (Fsp3) is 0.667. The molecule has 0 spiro atoms. The quantitative estimate of drug-likeness (QED) is 0.579. The molecule has 2 rings (SSSR count). The summed E-state index contributed by atoms with van der Waals surface area (Å²) >= 11 is 0. The van der Waals surface area contributed by atoms with Crippen LogP contribution in [0, 0.1) is 5.92 Å². The molecule has 0 saturated carbocycles. The molecule has 1 amide bonds. The van der Waals surface area contributed by atoms with E-state index in [2.05, 4.69) is 0 Å². The minimum Gasteiger partial charge on any atom is -0.465 e. The van der Waals surface area contributed by atoms with Gasteiger partial charge in [-0.05, 0) is 20.8 Å². The van der Waals surface area contributed by atoms with Crippen molar-refractivity contribution in [2.24, 2.45) is 5.92 Å². The Hall–Kier alpha value is -2.05. The number of ether oxygens (including phenoxy) is 3. The van der Waals surface area contributed by atoms with E-state index < -0.39 is 23.8 Å². The minimum atomic E-state index is -0.815. The predicted octanol–water partition coefficient (Wildman–Crippen LogP) is 1.62. The van der Waals surface area contributed by atoms with E-state index in [1.807, 2.05) is 6.08 Å². The molecule has 0 aromatic heterocycles. The molecule has 22 heavy (non-hydrogen) atoms. The number of cyclic esters (lactones) is 1. The maximum absolute atomic E-state index is 12.2. The zero-order chi connectivity index (χ0) is 16.5. The van der Waals surface area contributed by atoms with Crippen molar-refractivity contribution in [2.45, 2.75) is 45.8 Å². The third-order valence-electron chi connectivity index (χ3n) is 3.79. The fourth-order valence-electron chi connectivity index (χ4n) is 3.04. The van der Waals surface area contributed by atoms with Gasteiger partial charge in [-0.2, -0.15) is 0 Å². The van der Waals surface area contributed by atoms with E-state index in [0.717, 1.165) is 0 Å². The molecule has 0 radical (unpaired) electrons. The first-order valence-corrected chi connectivity index (χ1v) is 7.29. The lowest BCUT2D eigenvalue weighted by Gasteiger charge is -2.44. The topological polar surface area (TPSA) is 82.1 Å². The predicted molar refractivity (Wildman–Crippen MR) is 75.6 cm³/mol. The van der Waals surface area contributed by atoms with Crippen LogP contribution < -0.4 is 0 Å². The van der Waals surface area contributed by atoms with E-state index >= 15 is 0 Å². The highest BCUT2D eigenvalue weighted by molar-refractivity contribution is 5.81. The first-order valence-electron chi connectivity index (χ1n) is 7.29. The molecule has 122 valence electrons. The first-order chi connectivity index (χ1) is 10.3. The van der Waals surface area contributed by atoms with Gasteiger partial charge in [-0.3, -0.25) is 14.5 Å². The highest BCUT2D eigenvalue weighted by Crippen LogP contribution is 2.44. The van der Waals surface area contributed by atoms with Crippen LogP contribution in [-0.4, -0.2) is 47.8 Å². The second-order valence-corrected chi connectivity index (χ2v) is 5.85.